The topological polar surface area (TPSA) is 28.2 Å². The van der Waals surface area contributed by atoms with Crippen molar-refractivity contribution in [2.24, 2.45) is 0 Å². The number of hydrogen-bond acceptors (Lipinski definition) is 4. The van der Waals surface area contributed by atoms with Crippen LogP contribution in [0.25, 0.3) is 11.3 Å². The zero-order chi connectivity index (χ0) is 14.4. The zero-order valence-electron chi connectivity index (χ0n) is 12.5. The number of thiazole rings is 1. The Labute approximate surface area is 125 Å². The molecule has 1 aromatic carbocycles. The molecule has 2 rings (SSSR count). The van der Waals surface area contributed by atoms with Crippen molar-refractivity contribution in [3.63, 3.8) is 0 Å². The van der Waals surface area contributed by atoms with Gasteiger partial charge in [0.25, 0.3) is 0 Å². The van der Waals surface area contributed by atoms with E-state index in [-0.39, 0.29) is 0 Å². The van der Waals surface area contributed by atoms with E-state index in [1.54, 1.807) is 11.3 Å². The molecular weight excluding hydrogens is 266 g/mol. The fraction of sp³-hybridized carbons (Fsp3) is 0.438. The van der Waals surface area contributed by atoms with Gasteiger partial charge in [-0.2, -0.15) is 0 Å². The summed E-state index contributed by atoms with van der Waals surface area (Å²) in [5.74, 6) is 0. The minimum atomic E-state index is 0.896. The molecule has 2 aromatic rings. The third-order valence-corrected chi connectivity index (χ3v) is 4.42. The lowest BCUT2D eigenvalue weighted by Gasteiger charge is -2.11. The van der Waals surface area contributed by atoms with Crippen molar-refractivity contribution in [3.05, 3.63) is 35.2 Å². The van der Waals surface area contributed by atoms with E-state index in [9.17, 15) is 0 Å². The van der Waals surface area contributed by atoms with Crippen molar-refractivity contribution in [3.8, 4) is 11.3 Å². The molecule has 0 amide bonds. The van der Waals surface area contributed by atoms with Crippen LogP contribution in [-0.2, 0) is 6.54 Å². The van der Waals surface area contributed by atoms with Gasteiger partial charge in [-0.15, -0.1) is 0 Å². The van der Waals surface area contributed by atoms with E-state index < -0.39 is 0 Å². The molecule has 0 atom stereocenters. The minimum Gasteiger partial charge on any atom is -0.351 e. The molecule has 0 aliphatic rings. The largest absolute Gasteiger partial charge is 0.351 e. The van der Waals surface area contributed by atoms with Crippen molar-refractivity contribution in [1.29, 1.82) is 0 Å². The maximum Gasteiger partial charge on any atom is 0.185 e. The van der Waals surface area contributed by atoms with Gasteiger partial charge in [-0.05, 0) is 19.9 Å². The van der Waals surface area contributed by atoms with Gasteiger partial charge in [0.15, 0.2) is 5.13 Å². The molecule has 3 nitrogen and oxygen atoms in total. The number of hydrogen-bond donors (Lipinski definition) is 1. The van der Waals surface area contributed by atoms with Crippen molar-refractivity contribution in [2.45, 2.75) is 26.8 Å². The lowest BCUT2D eigenvalue weighted by atomic mass is 10.1. The Bertz CT molecular complexity index is 522. The Morgan fingerprint density at radius 3 is 2.60 bits per heavy atom. The Kier molecular flexibility index (Phi) is 5.56. The lowest BCUT2D eigenvalue weighted by molar-refractivity contribution is 0.681. The Morgan fingerprint density at radius 2 is 1.95 bits per heavy atom. The van der Waals surface area contributed by atoms with Gasteiger partial charge in [0.05, 0.1) is 5.69 Å². The van der Waals surface area contributed by atoms with E-state index in [0.29, 0.717) is 0 Å². The third kappa shape index (κ3) is 3.58. The first kappa shape index (κ1) is 15.0. The maximum absolute atomic E-state index is 4.83. The van der Waals surface area contributed by atoms with Crippen LogP contribution >= 0.6 is 11.3 Å². The van der Waals surface area contributed by atoms with Crippen LogP contribution in [0.4, 0.5) is 5.13 Å². The van der Waals surface area contributed by atoms with Crippen molar-refractivity contribution in [2.75, 3.05) is 25.0 Å². The number of rotatable bonds is 7. The van der Waals surface area contributed by atoms with Crippen LogP contribution in [0.3, 0.4) is 0 Å². The van der Waals surface area contributed by atoms with Crippen LogP contribution in [0.2, 0.25) is 0 Å². The van der Waals surface area contributed by atoms with Gasteiger partial charge in [-0.25, -0.2) is 4.98 Å². The Hall–Kier alpha value is -1.39. The lowest BCUT2D eigenvalue weighted by Crippen LogP contribution is -2.15. The van der Waals surface area contributed by atoms with Crippen LogP contribution in [-0.4, -0.2) is 25.1 Å². The van der Waals surface area contributed by atoms with E-state index in [1.807, 2.05) is 6.07 Å². The normalized spacial score (nSPS) is 10.8. The fourth-order valence-corrected chi connectivity index (χ4v) is 3.03. The summed E-state index contributed by atoms with van der Waals surface area (Å²) in [5, 5.41) is 4.58. The first-order valence-electron chi connectivity index (χ1n) is 7.23. The molecule has 0 aliphatic carbocycles. The maximum atomic E-state index is 4.83. The van der Waals surface area contributed by atoms with Gasteiger partial charge < -0.3 is 10.2 Å². The molecule has 0 unspecified atom stereocenters. The van der Waals surface area contributed by atoms with E-state index in [2.05, 4.69) is 55.4 Å². The van der Waals surface area contributed by atoms with E-state index in [1.165, 1.54) is 10.4 Å². The molecule has 108 valence electrons. The molecule has 0 saturated heterocycles. The molecule has 1 N–H and O–H groups in total. The van der Waals surface area contributed by atoms with Crippen LogP contribution in [0, 0.1) is 0 Å². The molecule has 0 saturated carbocycles. The van der Waals surface area contributed by atoms with Crippen molar-refractivity contribution < 1.29 is 0 Å². The summed E-state index contributed by atoms with van der Waals surface area (Å²) in [7, 11) is 2.09. The average molecular weight is 289 g/mol. The number of aromatic nitrogens is 1. The van der Waals surface area contributed by atoms with Gasteiger partial charge in [-0.3, -0.25) is 0 Å². The summed E-state index contributed by atoms with van der Waals surface area (Å²) in [6.07, 6.45) is 1.15. The first-order valence-corrected chi connectivity index (χ1v) is 8.04. The quantitative estimate of drug-likeness (QED) is 0.787. The van der Waals surface area contributed by atoms with Gasteiger partial charge in [0.1, 0.15) is 0 Å². The van der Waals surface area contributed by atoms with Gasteiger partial charge >= 0.3 is 0 Å². The molecule has 1 aromatic heterocycles. The molecule has 20 heavy (non-hydrogen) atoms. The van der Waals surface area contributed by atoms with Crippen molar-refractivity contribution >= 4 is 16.5 Å². The molecule has 1 heterocycles. The smallest absolute Gasteiger partial charge is 0.185 e. The second-order valence-corrected chi connectivity index (χ2v) is 5.89. The average Bonchev–Trinajstić information content (AvgIpc) is 2.92. The molecule has 0 fully saturated rings. The van der Waals surface area contributed by atoms with E-state index in [0.717, 1.165) is 36.9 Å². The number of benzene rings is 1. The second-order valence-electron chi connectivity index (χ2n) is 4.83. The highest BCUT2D eigenvalue weighted by atomic mass is 32.1. The number of nitrogens with one attached hydrogen (secondary N) is 1. The van der Waals surface area contributed by atoms with Crippen LogP contribution in [0.5, 0.6) is 0 Å². The number of nitrogens with zero attached hydrogens (tertiary/aromatic N) is 2. The highest BCUT2D eigenvalue weighted by Crippen LogP contribution is 2.32. The van der Waals surface area contributed by atoms with Gasteiger partial charge in [-0.1, -0.05) is 48.6 Å². The standard InChI is InChI=1S/C16H23N3S/c1-4-11-17-12-14-15(13-9-7-6-8-10-13)18-16(20-14)19(3)5-2/h6-10,17H,4-5,11-12H2,1-3H3. The summed E-state index contributed by atoms with van der Waals surface area (Å²) in [5.41, 5.74) is 2.32. The monoisotopic (exact) mass is 289 g/mol. The van der Waals surface area contributed by atoms with Crippen molar-refractivity contribution in [1.82, 2.24) is 10.3 Å². The molecular formula is C16H23N3S. The van der Waals surface area contributed by atoms with E-state index >= 15 is 0 Å². The third-order valence-electron chi connectivity index (χ3n) is 3.25. The molecule has 0 bridgehead atoms. The predicted octanol–water partition coefficient (Wildman–Crippen LogP) is 3.77. The summed E-state index contributed by atoms with van der Waals surface area (Å²) in [6.45, 7) is 7.26. The molecule has 0 aliphatic heterocycles. The minimum absolute atomic E-state index is 0.896. The van der Waals surface area contributed by atoms with Crippen LogP contribution < -0.4 is 10.2 Å². The summed E-state index contributed by atoms with van der Waals surface area (Å²) >= 11 is 1.79. The summed E-state index contributed by atoms with van der Waals surface area (Å²) in [6, 6.07) is 10.5. The second kappa shape index (κ2) is 7.41. The van der Waals surface area contributed by atoms with E-state index in [4.69, 9.17) is 4.98 Å². The molecule has 0 spiro atoms. The molecule has 0 radical (unpaired) electrons. The molecule has 4 heteroatoms. The first-order chi connectivity index (χ1) is 9.76. The number of anilines is 1. The fourth-order valence-electron chi connectivity index (χ4n) is 1.96. The Balaban J connectivity index is 2.29. The zero-order valence-corrected chi connectivity index (χ0v) is 13.3. The predicted molar refractivity (Wildman–Crippen MR) is 88.5 cm³/mol. The van der Waals surface area contributed by atoms with Gasteiger partial charge in [0.2, 0.25) is 0 Å². The SMILES string of the molecule is CCCNCc1sc(N(C)CC)nc1-c1ccccc1. The summed E-state index contributed by atoms with van der Waals surface area (Å²) < 4.78 is 0. The van der Waals surface area contributed by atoms with Crippen LogP contribution in [0.15, 0.2) is 30.3 Å². The summed E-state index contributed by atoms with van der Waals surface area (Å²) in [4.78, 5) is 8.35. The highest BCUT2D eigenvalue weighted by molar-refractivity contribution is 7.16. The van der Waals surface area contributed by atoms with Crippen LogP contribution in [0.1, 0.15) is 25.1 Å². The highest BCUT2D eigenvalue weighted by Gasteiger charge is 2.14. The van der Waals surface area contributed by atoms with Gasteiger partial charge in [0, 0.05) is 30.6 Å². The Morgan fingerprint density at radius 1 is 1.20 bits per heavy atom.